The fraction of sp³-hybridized carbons (Fsp3) is 0.632. The Morgan fingerprint density at radius 2 is 1.93 bits per heavy atom. The number of rotatable bonds is 5. The first-order chi connectivity index (χ1) is 13.0. The third kappa shape index (κ3) is 3.97. The summed E-state index contributed by atoms with van der Waals surface area (Å²) in [5.74, 6) is -0.353. The van der Waals surface area contributed by atoms with E-state index in [9.17, 15) is 13.2 Å². The van der Waals surface area contributed by atoms with Crippen molar-refractivity contribution in [1.82, 2.24) is 9.62 Å². The van der Waals surface area contributed by atoms with E-state index < -0.39 is 27.2 Å². The third-order valence-electron chi connectivity index (χ3n) is 5.61. The predicted octanol–water partition coefficient (Wildman–Crippen LogP) is 1.70. The van der Waals surface area contributed by atoms with Gasteiger partial charge in [0.2, 0.25) is 10.0 Å². The van der Waals surface area contributed by atoms with Crippen LogP contribution in [0.5, 0.6) is 5.75 Å². The summed E-state index contributed by atoms with van der Waals surface area (Å²) in [6.45, 7) is 1.46. The lowest BCUT2D eigenvalue weighted by Crippen LogP contribution is -2.53. The molecule has 1 aliphatic carbocycles. The Balaban J connectivity index is 1.96. The Hall–Kier alpha value is -1.64. The van der Waals surface area contributed by atoms with E-state index in [2.05, 4.69) is 5.32 Å². The van der Waals surface area contributed by atoms with Crippen molar-refractivity contribution in [3.63, 3.8) is 0 Å². The number of hydrogen-bond acceptors (Lipinski definition) is 6. The molecule has 150 valence electrons. The number of sulfonamides is 1. The van der Waals surface area contributed by atoms with E-state index in [0.29, 0.717) is 38.2 Å². The summed E-state index contributed by atoms with van der Waals surface area (Å²) in [5, 5.41) is 2.55. The molecule has 3 unspecified atom stereocenters. The molecule has 1 heterocycles. The van der Waals surface area contributed by atoms with Crippen LogP contribution >= 0.6 is 0 Å². The standard InChI is InChI=1S/C19H28N2O5S/c1-25-17-9-5-3-7-14(17)16-13-20-11-12-21(16)27(23,24)18-10-6-4-8-15(18)19(22)26-2/h3,5,7,9,15-16,18,20H,4,6,8,10-13H2,1-2H3. The maximum atomic E-state index is 13.6. The predicted molar refractivity (Wildman–Crippen MR) is 102 cm³/mol. The first-order valence-electron chi connectivity index (χ1n) is 9.42. The second-order valence-electron chi connectivity index (χ2n) is 7.07. The summed E-state index contributed by atoms with van der Waals surface area (Å²) in [6, 6.07) is 7.13. The normalized spacial score (nSPS) is 27.1. The Morgan fingerprint density at radius 1 is 1.19 bits per heavy atom. The smallest absolute Gasteiger partial charge is 0.310 e. The average molecular weight is 397 g/mol. The molecule has 3 atom stereocenters. The molecule has 1 aromatic rings. The van der Waals surface area contributed by atoms with Crippen LogP contribution < -0.4 is 10.1 Å². The van der Waals surface area contributed by atoms with Gasteiger partial charge in [-0.2, -0.15) is 4.31 Å². The molecule has 1 aliphatic heterocycles. The van der Waals surface area contributed by atoms with E-state index in [1.54, 1.807) is 11.4 Å². The van der Waals surface area contributed by atoms with Gasteiger partial charge in [0.25, 0.3) is 0 Å². The number of para-hydroxylation sites is 1. The number of ether oxygens (including phenoxy) is 2. The fourth-order valence-electron chi connectivity index (χ4n) is 4.25. The number of esters is 1. The van der Waals surface area contributed by atoms with Crippen molar-refractivity contribution in [3.05, 3.63) is 29.8 Å². The van der Waals surface area contributed by atoms with Crippen LogP contribution in [0.3, 0.4) is 0 Å². The van der Waals surface area contributed by atoms with Gasteiger partial charge in [-0.3, -0.25) is 4.79 Å². The lowest BCUT2D eigenvalue weighted by atomic mass is 9.89. The zero-order valence-corrected chi connectivity index (χ0v) is 16.7. The zero-order valence-electron chi connectivity index (χ0n) is 15.9. The highest BCUT2D eigenvalue weighted by molar-refractivity contribution is 7.89. The SMILES string of the molecule is COC(=O)C1CCCCC1S(=O)(=O)N1CCNCC1c1ccccc1OC. The van der Waals surface area contributed by atoms with Gasteiger partial charge in [0.1, 0.15) is 5.75 Å². The molecule has 0 radical (unpaired) electrons. The van der Waals surface area contributed by atoms with E-state index in [1.165, 1.54) is 7.11 Å². The Bertz CT molecular complexity index is 767. The molecule has 0 spiro atoms. The first kappa shape index (κ1) is 20.1. The minimum atomic E-state index is -3.67. The fourth-order valence-corrected chi connectivity index (χ4v) is 6.61. The van der Waals surface area contributed by atoms with Crippen molar-refractivity contribution < 1.29 is 22.7 Å². The van der Waals surface area contributed by atoms with E-state index >= 15 is 0 Å². The molecular weight excluding hydrogens is 368 g/mol. The molecule has 1 saturated heterocycles. The van der Waals surface area contributed by atoms with E-state index in [1.807, 2.05) is 24.3 Å². The largest absolute Gasteiger partial charge is 0.496 e. The van der Waals surface area contributed by atoms with Crippen LogP contribution in [0.15, 0.2) is 24.3 Å². The number of nitrogens with zero attached hydrogens (tertiary/aromatic N) is 1. The van der Waals surface area contributed by atoms with Gasteiger partial charge in [0.15, 0.2) is 0 Å². The molecule has 0 bridgehead atoms. The minimum Gasteiger partial charge on any atom is -0.496 e. The molecule has 2 aliphatic rings. The van der Waals surface area contributed by atoms with Gasteiger partial charge in [0, 0.05) is 25.2 Å². The number of carbonyl (C=O) groups excluding carboxylic acids is 1. The van der Waals surface area contributed by atoms with Crippen molar-refractivity contribution in [2.75, 3.05) is 33.9 Å². The zero-order chi connectivity index (χ0) is 19.4. The molecule has 1 N–H and O–H groups in total. The molecule has 27 heavy (non-hydrogen) atoms. The van der Waals surface area contributed by atoms with Crippen molar-refractivity contribution in [1.29, 1.82) is 0 Å². The van der Waals surface area contributed by atoms with E-state index in [-0.39, 0.29) is 6.04 Å². The summed E-state index contributed by atoms with van der Waals surface area (Å²) in [4.78, 5) is 12.2. The second kappa shape index (κ2) is 8.58. The molecule has 8 heteroatoms. The molecule has 1 saturated carbocycles. The maximum Gasteiger partial charge on any atom is 0.310 e. The van der Waals surface area contributed by atoms with Gasteiger partial charge in [-0.25, -0.2) is 8.42 Å². The molecule has 3 rings (SSSR count). The summed E-state index contributed by atoms with van der Waals surface area (Å²) < 4.78 is 39.1. The summed E-state index contributed by atoms with van der Waals surface area (Å²) >= 11 is 0. The van der Waals surface area contributed by atoms with Crippen LogP contribution in [0.25, 0.3) is 0 Å². The number of carbonyl (C=O) groups is 1. The van der Waals surface area contributed by atoms with E-state index in [0.717, 1.165) is 18.4 Å². The van der Waals surface area contributed by atoms with Crippen molar-refractivity contribution in [3.8, 4) is 5.75 Å². The Kier molecular flexibility index (Phi) is 6.39. The minimum absolute atomic E-state index is 0.361. The average Bonchev–Trinajstić information content (AvgIpc) is 2.73. The van der Waals surface area contributed by atoms with Gasteiger partial charge >= 0.3 is 5.97 Å². The summed E-state index contributed by atoms with van der Waals surface area (Å²) in [6.07, 6.45) is 2.71. The Labute approximate surface area is 161 Å². The molecule has 0 amide bonds. The highest BCUT2D eigenvalue weighted by atomic mass is 32.2. The van der Waals surface area contributed by atoms with Gasteiger partial charge in [-0.05, 0) is 18.9 Å². The quantitative estimate of drug-likeness (QED) is 0.763. The molecular formula is C19H28N2O5S. The third-order valence-corrected chi connectivity index (χ3v) is 8.03. The van der Waals surface area contributed by atoms with Gasteiger partial charge < -0.3 is 14.8 Å². The van der Waals surface area contributed by atoms with Crippen molar-refractivity contribution in [2.45, 2.75) is 37.0 Å². The van der Waals surface area contributed by atoms with Crippen molar-refractivity contribution >= 4 is 16.0 Å². The first-order valence-corrected chi connectivity index (χ1v) is 10.9. The lowest BCUT2D eigenvalue weighted by Gasteiger charge is -2.40. The van der Waals surface area contributed by atoms with Crippen LogP contribution in [0.2, 0.25) is 0 Å². The van der Waals surface area contributed by atoms with Crippen LogP contribution in [0.1, 0.15) is 37.3 Å². The number of hydrogen-bond donors (Lipinski definition) is 1. The maximum absolute atomic E-state index is 13.6. The van der Waals surface area contributed by atoms with Gasteiger partial charge in [0.05, 0.1) is 31.4 Å². The highest BCUT2D eigenvalue weighted by Crippen LogP contribution is 2.38. The lowest BCUT2D eigenvalue weighted by molar-refractivity contribution is -0.146. The van der Waals surface area contributed by atoms with E-state index in [4.69, 9.17) is 9.47 Å². The van der Waals surface area contributed by atoms with Crippen LogP contribution in [-0.4, -0.2) is 57.8 Å². The van der Waals surface area contributed by atoms with Crippen LogP contribution in [0, 0.1) is 5.92 Å². The monoisotopic (exact) mass is 396 g/mol. The Morgan fingerprint density at radius 3 is 2.67 bits per heavy atom. The molecule has 0 aromatic heterocycles. The van der Waals surface area contributed by atoms with Gasteiger partial charge in [-0.15, -0.1) is 0 Å². The summed E-state index contributed by atoms with van der Waals surface area (Å²) in [7, 11) is -0.767. The molecule has 7 nitrogen and oxygen atoms in total. The molecule has 2 fully saturated rings. The van der Waals surface area contributed by atoms with Crippen molar-refractivity contribution in [2.24, 2.45) is 5.92 Å². The van der Waals surface area contributed by atoms with Crippen LogP contribution in [0.4, 0.5) is 0 Å². The number of methoxy groups -OCH3 is 2. The number of nitrogens with one attached hydrogen (secondary N) is 1. The van der Waals surface area contributed by atoms with Gasteiger partial charge in [-0.1, -0.05) is 31.0 Å². The second-order valence-corrected chi connectivity index (χ2v) is 9.17. The van der Waals surface area contributed by atoms with Crippen LogP contribution in [-0.2, 0) is 19.6 Å². The number of benzene rings is 1. The molecule has 1 aromatic carbocycles. The topological polar surface area (TPSA) is 84.9 Å². The highest BCUT2D eigenvalue weighted by Gasteiger charge is 2.46. The summed E-state index contributed by atoms with van der Waals surface area (Å²) in [5.41, 5.74) is 0.834. The number of piperazine rings is 1.